The highest BCUT2D eigenvalue weighted by Gasteiger charge is 2.39. The molecule has 4 heteroatoms. The molecular formula is C26H29FN2O. The van der Waals surface area contributed by atoms with E-state index in [0.29, 0.717) is 5.92 Å². The second kappa shape index (κ2) is 8.17. The summed E-state index contributed by atoms with van der Waals surface area (Å²) in [5.74, 6) is 0.152. The van der Waals surface area contributed by atoms with E-state index in [-0.39, 0.29) is 23.1 Å². The van der Waals surface area contributed by atoms with Gasteiger partial charge in [-0.15, -0.1) is 0 Å². The third-order valence-electron chi connectivity index (χ3n) is 7.06. The van der Waals surface area contributed by atoms with E-state index in [1.807, 2.05) is 50.4 Å². The monoisotopic (exact) mass is 404 g/mol. The van der Waals surface area contributed by atoms with Gasteiger partial charge in [0.25, 0.3) is 0 Å². The predicted octanol–water partition coefficient (Wildman–Crippen LogP) is 6.62. The fraction of sp³-hybridized carbons (Fsp3) is 0.385. The Labute approximate surface area is 177 Å². The number of fused-ring (bicyclic) bond motifs is 1. The van der Waals surface area contributed by atoms with Crippen molar-refractivity contribution in [3.05, 3.63) is 71.7 Å². The molecule has 0 bridgehead atoms. The molecule has 0 radical (unpaired) electrons. The molecule has 1 N–H and O–H groups in total. The number of amides is 1. The summed E-state index contributed by atoms with van der Waals surface area (Å²) in [5.41, 5.74) is 4.00. The Hall–Kier alpha value is -2.75. The number of nitrogens with one attached hydrogen (secondary N) is 1. The molecular weight excluding hydrogens is 375 g/mol. The predicted molar refractivity (Wildman–Crippen MR) is 120 cm³/mol. The smallest absolute Gasteiger partial charge is 0.227 e. The summed E-state index contributed by atoms with van der Waals surface area (Å²) in [6.07, 6.45) is 5.75. The first-order chi connectivity index (χ1) is 14.4. The number of hydrogen-bond donors (Lipinski definition) is 1. The number of aromatic nitrogens is 1. The highest BCUT2D eigenvalue weighted by molar-refractivity contribution is 5.92. The van der Waals surface area contributed by atoms with Crippen LogP contribution in [0.25, 0.3) is 10.9 Å². The summed E-state index contributed by atoms with van der Waals surface area (Å²) in [6, 6.07) is 14.8. The zero-order valence-electron chi connectivity index (χ0n) is 17.9. The molecule has 0 aliphatic heterocycles. The number of carbonyl (C=O) groups excluding carboxylic acids is 1. The van der Waals surface area contributed by atoms with Gasteiger partial charge < -0.3 is 5.32 Å². The van der Waals surface area contributed by atoms with Crippen molar-refractivity contribution in [1.82, 2.24) is 4.98 Å². The van der Waals surface area contributed by atoms with Crippen LogP contribution >= 0.6 is 0 Å². The minimum Gasteiger partial charge on any atom is -0.326 e. The molecule has 3 nitrogen and oxygen atoms in total. The molecule has 1 amide bonds. The lowest BCUT2D eigenvalue weighted by Gasteiger charge is -2.41. The van der Waals surface area contributed by atoms with Crippen LogP contribution in [0.5, 0.6) is 0 Å². The van der Waals surface area contributed by atoms with Crippen LogP contribution in [-0.4, -0.2) is 10.9 Å². The first-order valence-electron chi connectivity index (χ1n) is 10.8. The SMILES string of the molecule is Cc1ccc(NC(=O)[C@@H](C)[C@]2(C)CC[C@H](c3ccnc4ccc(F)cc43)CC2)cc1. The summed E-state index contributed by atoms with van der Waals surface area (Å²) >= 11 is 0. The normalized spacial score (nSPS) is 22.6. The number of nitrogens with zero attached hydrogens (tertiary/aromatic N) is 1. The molecule has 0 unspecified atom stereocenters. The Morgan fingerprint density at radius 3 is 2.53 bits per heavy atom. The zero-order chi connectivity index (χ0) is 21.3. The van der Waals surface area contributed by atoms with Gasteiger partial charge in [0.05, 0.1) is 5.52 Å². The van der Waals surface area contributed by atoms with Crippen molar-refractivity contribution in [1.29, 1.82) is 0 Å². The lowest BCUT2D eigenvalue weighted by atomic mass is 9.64. The molecule has 2 aromatic carbocycles. The minimum atomic E-state index is -0.223. The number of benzene rings is 2. The Bertz CT molecular complexity index is 1050. The molecule has 1 aromatic heterocycles. The fourth-order valence-electron chi connectivity index (χ4n) is 4.72. The molecule has 156 valence electrons. The van der Waals surface area contributed by atoms with Gasteiger partial charge in [0.1, 0.15) is 5.82 Å². The molecule has 1 atom stereocenters. The third kappa shape index (κ3) is 4.09. The molecule has 0 saturated heterocycles. The molecule has 1 aliphatic carbocycles. The molecule has 3 aromatic rings. The zero-order valence-corrected chi connectivity index (χ0v) is 17.9. The fourth-order valence-corrected chi connectivity index (χ4v) is 4.72. The van der Waals surface area contributed by atoms with Gasteiger partial charge in [0.15, 0.2) is 0 Å². The summed E-state index contributed by atoms with van der Waals surface area (Å²) in [7, 11) is 0. The largest absolute Gasteiger partial charge is 0.326 e. The van der Waals surface area contributed by atoms with Gasteiger partial charge in [-0.2, -0.15) is 0 Å². The van der Waals surface area contributed by atoms with E-state index in [1.54, 1.807) is 12.1 Å². The molecule has 30 heavy (non-hydrogen) atoms. The number of rotatable bonds is 4. The highest BCUT2D eigenvalue weighted by Crippen LogP contribution is 2.48. The first kappa shape index (κ1) is 20.5. The molecule has 0 spiro atoms. The van der Waals surface area contributed by atoms with Crippen LogP contribution in [0, 0.1) is 24.1 Å². The number of aryl methyl sites for hydroxylation is 1. The van der Waals surface area contributed by atoms with Gasteiger partial charge in [0, 0.05) is 23.2 Å². The lowest BCUT2D eigenvalue weighted by Crippen LogP contribution is -2.37. The third-order valence-corrected chi connectivity index (χ3v) is 7.06. The van der Waals surface area contributed by atoms with Crippen LogP contribution in [0.2, 0.25) is 0 Å². The van der Waals surface area contributed by atoms with Gasteiger partial charge in [-0.25, -0.2) is 4.39 Å². The van der Waals surface area contributed by atoms with Gasteiger partial charge >= 0.3 is 0 Å². The van der Waals surface area contributed by atoms with Crippen LogP contribution in [0.3, 0.4) is 0 Å². The van der Waals surface area contributed by atoms with Gasteiger partial charge in [0.2, 0.25) is 5.91 Å². The summed E-state index contributed by atoms with van der Waals surface area (Å²) < 4.78 is 13.8. The van der Waals surface area contributed by atoms with E-state index < -0.39 is 0 Å². The van der Waals surface area contributed by atoms with Crippen molar-refractivity contribution < 1.29 is 9.18 Å². The van der Waals surface area contributed by atoms with Gasteiger partial charge in [-0.05, 0) is 85.9 Å². The molecule has 1 fully saturated rings. The van der Waals surface area contributed by atoms with Crippen LogP contribution < -0.4 is 5.32 Å². The number of hydrogen-bond acceptors (Lipinski definition) is 2. The highest BCUT2D eigenvalue weighted by atomic mass is 19.1. The van der Waals surface area contributed by atoms with E-state index in [9.17, 15) is 9.18 Å². The number of carbonyl (C=O) groups is 1. The second-order valence-electron chi connectivity index (χ2n) is 9.07. The number of pyridine rings is 1. The quantitative estimate of drug-likeness (QED) is 0.531. The van der Waals surface area contributed by atoms with Gasteiger partial charge in [-0.3, -0.25) is 9.78 Å². The Balaban J connectivity index is 1.46. The maximum atomic E-state index is 13.8. The van der Waals surface area contributed by atoms with E-state index in [0.717, 1.165) is 42.3 Å². The maximum Gasteiger partial charge on any atom is 0.227 e. The number of anilines is 1. The first-order valence-corrected chi connectivity index (χ1v) is 10.8. The van der Waals surface area contributed by atoms with Crippen molar-refractivity contribution >= 4 is 22.5 Å². The Morgan fingerprint density at radius 1 is 1.13 bits per heavy atom. The van der Waals surface area contributed by atoms with E-state index in [4.69, 9.17) is 0 Å². The standard InChI is InChI=1S/C26H29FN2O/c1-17-4-7-21(8-5-17)29-25(30)18(2)26(3)13-10-19(11-14-26)22-12-15-28-24-9-6-20(27)16-23(22)24/h4-9,12,15-16,18-19H,10-11,13-14H2,1-3H3,(H,29,30)/t18-,19-,26+/m1/s1. The molecule has 1 saturated carbocycles. The average Bonchev–Trinajstić information content (AvgIpc) is 2.75. The van der Waals surface area contributed by atoms with E-state index in [1.165, 1.54) is 17.2 Å². The van der Waals surface area contributed by atoms with E-state index in [2.05, 4.69) is 17.2 Å². The maximum absolute atomic E-state index is 13.8. The van der Waals surface area contributed by atoms with Crippen LogP contribution in [-0.2, 0) is 4.79 Å². The van der Waals surface area contributed by atoms with Crippen LogP contribution in [0.15, 0.2) is 54.7 Å². The summed E-state index contributed by atoms with van der Waals surface area (Å²) in [6.45, 7) is 6.31. The van der Waals surface area contributed by atoms with E-state index >= 15 is 0 Å². The average molecular weight is 405 g/mol. The van der Waals surface area contributed by atoms with Gasteiger partial charge in [-0.1, -0.05) is 31.5 Å². The Morgan fingerprint density at radius 2 is 1.83 bits per heavy atom. The second-order valence-corrected chi connectivity index (χ2v) is 9.07. The molecule has 1 heterocycles. The molecule has 4 rings (SSSR count). The summed E-state index contributed by atoms with van der Waals surface area (Å²) in [5, 5.41) is 3.99. The van der Waals surface area contributed by atoms with Crippen molar-refractivity contribution in [3.8, 4) is 0 Å². The topological polar surface area (TPSA) is 42.0 Å². The summed E-state index contributed by atoms with van der Waals surface area (Å²) in [4.78, 5) is 17.3. The Kier molecular flexibility index (Phi) is 5.59. The van der Waals surface area contributed by atoms with Crippen molar-refractivity contribution in [2.45, 2.75) is 52.4 Å². The van der Waals surface area contributed by atoms with Crippen molar-refractivity contribution in [3.63, 3.8) is 0 Å². The van der Waals surface area contributed by atoms with Crippen molar-refractivity contribution in [2.75, 3.05) is 5.32 Å². The minimum absolute atomic E-state index is 0.0423. The van der Waals surface area contributed by atoms with Crippen molar-refractivity contribution in [2.24, 2.45) is 11.3 Å². The lowest BCUT2D eigenvalue weighted by molar-refractivity contribution is -0.123. The number of halogens is 1. The molecule has 1 aliphatic rings. The van der Waals surface area contributed by atoms with Crippen LogP contribution in [0.1, 0.15) is 56.6 Å². The van der Waals surface area contributed by atoms with Crippen LogP contribution in [0.4, 0.5) is 10.1 Å².